The van der Waals surface area contributed by atoms with E-state index < -0.39 is 4.92 Å². The molecule has 2 heterocycles. The van der Waals surface area contributed by atoms with E-state index in [0.717, 1.165) is 36.3 Å². The molecule has 1 aromatic rings. The van der Waals surface area contributed by atoms with Gasteiger partial charge in [-0.1, -0.05) is 11.3 Å². The summed E-state index contributed by atoms with van der Waals surface area (Å²) >= 11 is 1.11. The smallest absolute Gasteiger partial charge is 0.324 e. The van der Waals surface area contributed by atoms with Crippen LogP contribution in [0.3, 0.4) is 0 Å². The number of hydrogen-bond donors (Lipinski definition) is 2. The van der Waals surface area contributed by atoms with Crippen LogP contribution in [0.2, 0.25) is 0 Å². The molecule has 1 aliphatic heterocycles. The molecule has 0 radical (unpaired) electrons. The van der Waals surface area contributed by atoms with Gasteiger partial charge in [-0.15, -0.1) is 0 Å². The van der Waals surface area contributed by atoms with E-state index in [1.807, 2.05) is 0 Å². The number of amides is 1. The van der Waals surface area contributed by atoms with E-state index in [1.54, 1.807) is 11.4 Å². The lowest BCUT2D eigenvalue weighted by Crippen LogP contribution is -2.47. The molecular weight excluding hydrogens is 242 g/mol. The van der Waals surface area contributed by atoms with Crippen molar-refractivity contribution in [2.75, 3.05) is 6.54 Å². The molecule has 1 unspecified atom stereocenters. The van der Waals surface area contributed by atoms with Crippen LogP contribution >= 0.6 is 11.3 Å². The molecule has 1 fully saturated rings. The summed E-state index contributed by atoms with van der Waals surface area (Å²) in [5.74, 6) is 0.0148. The number of carbonyl (C=O) groups excluding carboxylic acids is 1. The van der Waals surface area contributed by atoms with Gasteiger partial charge in [0.1, 0.15) is 0 Å². The Kier molecular flexibility index (Phi) is 3.70. The van der Waals surface area contributed by atoms with E-state index in [4.69, 9.17) is 0 Å². The third kappa shape index (κ3) is 3.01. The zero-order chi connectivity index (χ0) is 12.3. The van der Waals surface area contributed by atoms with E-state index in [-0.39, 0.29) is 17.0 Å². The highest BCUT2D eigenvalue weighted by molar-refractivity contribution is 7.13. The standard InChI is InChI=1S/C10H13N3O3S/c14-10-8(2-1-3-11-10)12-5-7-4-9(13(15)16)17-6-7/h4,6,8,12H,1-3,5H2,(H,11,14). The van der Waals surface area contributed by atoms with Crippen molar-refractivity contribution < 1.29 is 9.72 Å². The van der Waals surface area contributed by atoms with Gasteiger partial charge in [0.15, 0.2) is 0 Å². The van der Waals surface area contributed by atoms with Crippen molar-refractivity contribution in [2.24, 2.45) is 0 Å². The molecule has 0 bridgehead atoms. The molecule has 2 rings (SSSR count). The van der Waals surface area contributed by atoms with E-state index >= 15 is 0 Å². The van der Waals surface area contributed by atoms with Gasteiger partial charge in [0.05, 0.1) is 11.0 Å². The molecule has 1 aromatic heterocycles. The molecule has 1 aliphatic rings. The van der Waals surface area contributed by atoms with Crippen LogP contribution in [0.1, 0.15) is 18.4 Å². The minimum atomic E-state index is -0.401. The van der Waals surface area contributed by atoms with Crippen LogP contribution in [-0.2, 0) is 11.3 Å². The van der Waals surface area contributed by atoms with Gasteiger partial charge in [0, 0.05) is 24.5 Å². The first-order chi connectivity index (χ1) is 8.16. The summed E-state index contributed by atoms with van der Waals surface area (Å²) in [6, 6.07) is 1.36. The van der Waals surface area contributed by atoms with Crippen LogP contribution < -0.4 is 10.6 Å². The first-order valence-electron chi connectivity index (χ1n) is 5.39. The first kappa shape index (κ1) is 12.0. The maximum absolute atomic E-state index is 11.4. The summed E-state index contributed by atoms with van der Waals surface area (Å²) in [6.07, 6.45) is 1.78. The predicted molar refractivity (Wildman–Crippen MR) is 63.8 cm³/mol. The molecule has 1 atom stereocenters. The summed E-state index contributed by atoms with van der Waals surface area (Å²) in [5, 5.41) is 18.3. The van der Waals surface area contributed by atoms with Gasteiger partial charge in [-0.2, -0.15) is 0 Å². The van der Waals surface area contributed by atoms with Crippen LogP contribution in [0.25, 0.3) is 0 Å². The molecule has 2 N–H and O–H groups in total. The topological polar surface area (TPSA) is 84.3 Å². The summed E-state index contributed by atoms with van der Waals surface area (Å²) in [5.41, 5.74) is 0.847. The summed E-state index contributed by atoms with van der Waals surface area (Å²) in [7, 11) is 0. The van der Waals surface area contributed by atoms with Crippen molar-refractivity contribution in [1.29, 1.82) is 0 Å². The largest absolute Gasteiger partial charge is 0.355 e. The Morgan fingerprint density at radius 3 is 3.12 bits per heavy atom. The molecule has 6 nitrogen and oxygen atoms in total. The third-order valence-electron chi connectivity index (χ3n) is 2.66. The minimum Gasteiger partial charge on any atom is -0.355 e. The molecular formula is C10H13N3O3S. The van der Waals surface area contributed by atoms with Gasteiger partial charge >= 0.3 is 5.00 Å². The SMILES string of the molecule is O=C1NCCCC1NCc1csc([N+](=O)[O-])c1. The van der Waals surface area contributed by atoms with Gasteiger partial charge in [0.25, 0.3) is 0 Å². The number of nitrogens with one attached hydrogen (secondary N) is 2. The average Bonchev–Trinajstić information content (AvgIpc) is 2.77. The van der Waals surface area contributed by atoms with Crippen molar-refractivity contribution >= 4 is 22.2 Å². The number of nitro groups is 1. The molecule has 1 saturated heterocycles. The number of thiophene rings is 1. The van der Waals surface area contributed by atoms with Crippen molar-refractivity contribution in [3.63, 3.8) is 0 Å². The molecule has 1 amide bonds. The second kappa shape index (κ2) is 5.24. The average molecular weight is 255 g/mol. The first-order valence-corrected chi connectivity index (χ1v) is 6.27. The Balaban J connectivity index is 1.88. The van der Waals surface area contributed by atoms with Crippen LogP contribution in [0, 0.1) is 10.1 Å². The summed E-state index contributed by atoms with van der Waals surface area (Å²) in [6.45, 7) is 1.23. The fourth-order valence-corrected chi connectivity index (χ4v) is 2.49. The highest BCUT2D eigenvalue weighted by Gasteiger charge is 2.21. The quantitative estimate of drug-likeness (QED) is 0.621. The molecule has 17 heavy (non-hydrogen) atoms. The third-order valence-corrected chi connectivity index (χ3v) is 3.59. The zero-order valence-electron chi connectivity index (χ0n) is 9.14. The number of nitrogens with zero attached hydrogens (tertiary/aromatic N) is 1. The summed E-state index contributed by atoms with van der Waals surface area (Å²) < 4.78 is 0. The van der Waals surface area contributed by atoms with Gasteiger partial charge in [-0.05, 0) is 18.4 Å². The van der Waals surface area contributed by atoms with E-state index in [9.17, 15) is 14.9 Å². The summed E-state index contributed by atoms with van der Waals surface area (Å²) in [4.78, 5) is 21.6. The Bertz CT molecular complexity index is 432. The number of hydrogen-bond acceptors (Lipinski definition) is 5. The molecule has 0 saturated carbocycles. The van der Waals surface area contributed by atoms with Gasteiger partial charge in [-0.3, -0.25) is 14.9 Å². The van der Waals surface area contributed by atoms with Crippen molar-refractivity contribution in [2.45, 2.75) is 25.4 Å². The Morgan fingerprint density at radius 1 is 1.65 bits per heavy atom. The fraction of sp³-hybridized carbons (Fsp3) is 0.500. The maximum Gasteiger partial charge on any atom is 0.324 e. The number of carbonyl (C=O) groups is 1. The highest BCUT2D eigenvalue weighted by Crippen LogP contribution is 2.22. The second-order valence-corrected chi connectivity index (χ2v) is 4.81. The van der Waals surface area contributed by atoms with Crippen molar-refractivity contribution in [3.05, 3.63) is 27.1 Å². The van der Waals surface area contributed by atoms with Crippen LogP contribution in [0.4, 0.5) is 5.00 Å². The minimum absolute atomic E-state index is 0.0148. The Morgan fingerprint density at radius 2 is 2.47 bits per heavy atom. The lowest BCUT2D eigenvalue weighted by Gasteiger charge is -2.22. The van der Waals surface area contributed by atoms with E-state index in [0.29, 0.717) is 6.54 Å². The molecule has 0 aromatic carbocycles. The van der Waals surface area contributed by atoms with Crippen LogP contribution in [0.5, 0.6) is 0 Å². The molecule has 92 valence electrons. The second-order valence-electron chi connectivity index (χ2n) is 3.92. The number of rotatable bonds is 4. The van der Waals surface area contributed by atoms with Crippen molar-refractivity contribution in [3.8, 4) is 0 Å². The van der Waals surface area contributed by atoms with Crippen molar-refractivity contribution in [1.82, 2.24) is 10.6 Å². The lowest BCUT2D eigenvalue weighted by molar-refractivity contribution is -0.380. The van der Waals surface area contributed by atoms with E-state index in [2.05, 4.69) is 10.6 Å². The lowest BCUT2D eigenvalue weighted by atomic mass is 10.1. The molecule has 7 heteroatoms. The normalized spacial score (nSPS) is 20.0. The Labute approximate surface area is 102 Å². The van der Waals surface area contributed by atoms with Crippen LogP contribution in [-0.4, -0.2) is 23.4 Å². The van der Waals surface area contributed by atoms with Crippen LogP contribution in [0.15, 0.2) is 11.4 Å². The number of piperidine rings is 1. The highest BCUT2D eigenvalue weighted by atomic mass is 32.1. The molecule has 0 spiro atoms. The van der Waals surface area contributed by atoms with Gasteiger partial charge in [-0.25, -0.2) is 0 Å². The van der Waals surface area contributed by atoms with E-state index in [1.165, 1.54) is 0 Å². The predicted octanol–water partition coefficient (Wildman–Crippen LogP) is 1.02. The fourth-order valence-electron chi connectivity index (χ4n) is 1.76. The molecule has 0 aliphatic carbocycles. The Hall–Kier alpha value is -1.47. The van der Waals surface area contributed by atoms with Gasteiger partial charge in [0.2, 0.25) is 5.91 Å². The monoisotopic (exact) mass is 255 g/mol. The maximum atomic E-state index is 11.4. The zero-order valence-corrected chi connectivity index (χ0v) is 9.96. The van der Waals surface area contributed by atoms with Gasteiger partial charge < -0.3 is 10.6 Å².